The van der Waals surface area contributed by atoms with E-state index in [1.54, 1.807) is 48.5 Å². The number of anilines is 1. The Bertz CT molecular complexity index is 1920. The average Bonchev–Trinajstić information content (AvgIpc) is 3.37. The Labute approximate surface area is 276 Å². The number of nitrogens with one attached hydrogen (secondary N) is 2. The maximum absolute atomic E-state index is 12.9. The normalized spacial score (nSPS) is 11.2. The molecule has 0 aliphatic carbocycles. The summed E-state index contributed by atoms with van der Waals surface area (Å²) in [6.07, 6.45) is 4.46. The second-order valence-electron chi connectivity index (χ2n) is 9.42. The maximum Gasteiger partial charge on any atom is 0.336 e. The van der Waals surface area contributed by atoms with Gasteiger partial charge in [0, 0.05) is 31.9 Å². The van der Waals surface area contributed by atoms with Crippen molar-refractivity contribution in [3.63, 3.8) is 0 Å². The van der Waals surface area contributed by atoms with Gasteiger partial charge in [0.15, 0.2) is 11.5 Å². The van der Waals surface area contributed by atoms with Crippen LogP contribution in [0.4, 0.5) is 5.69 Å². The molecular formula is C34H25BrClN3O5S. The van der Waals surface area contributed by atoms with Crippen molar-refractivity contribution in [2.24, 2.45) is 5.10 Å². The van der Waals surface area contributed by atoms with Crippen molar-refractivity contribution < 1.29 is 23.9 Å². The van der Waals surface area contributed by atoms with Crippen molar-refractivity contribution in [1.29, 1.82) is 0 Å². The quantitative estimate of drug-likeness (QED) is 0.0501. The van der Waals surface area contributed by atoms with Crippen LogP contribution in [0.25, 0.3) is 16.2 Å². The van der Waals surface area contributed by atoms with Crippen LogP contribution in [0.5, 0.6) is 11.5 Å². The van der Waals surface area contributed by atoms with Crippen LogP contribution in [0.15, 0.2) is 107 Å². The summed E-state index contributed by atoms with van der Waals surface area (Å²) in [5.74, 6) is -0.707. The Morgan fingerprint density at radius 3 is 2.44 bits per heavy atom. The molecule has 1 heterocycles. The number of rotatable bonds is 10. The minimum Gasteiger partial charge on any atom is -0.490 e. The first-order chi connectivity index (χ1) is 21.8. The second-order valence-corrected chi connectivity index (χ2v) is 11.8. The summed E-state index contributed by atoms with van der Waals surface area (Å²) in [4.78, 5) is 38.3. The molecule has 0 saturated heterocycles. The van der Waals surface area contributed by atoms with Gasteiger partial charge in [-0.15, -0.1) is 11.3 Å². The van der Waals surface area contributed by atoms with E-state index >= 15 is 0 Å². The van der Waals surface area contributed by atoms with Gasteiger partial charge in [-0.05, 0) is 78.7 Å². The molecule has 0 unspecified atom stereocenters. The summed E-state index contributed by atoms with van der Waals surface area (Å²) in [5, 5.41) is 8.06. The fourth-order valence-electron chi connectivity index (χ4n) is 4.14. The Morgan fingerprint density at radius 2 is 1.69 bits per heavy atom. The van der Waals surface area contributed by atoms with Crippen molar-refractivity contribution in [3.05, 3.63) is 128 Å². The third-order valence-electron chi connectivity index (χ3n) is 6.27. The summed E-state index contributed by atoms with van der Waals surface area (Å²) in [5.41, 5.74) is 4.82. The molecule has 0 aliphatic heterocycles. The van der Waals surface area contributed by atoms with Gasteiger partial charge in [0.2, 0.25) is 0 Å². The number of esters is 1. The minimum atomic E-state index is -0.545. The number of halogens is 2. The largest absolute Gasteiger partial charge is 0.490 e. The van der Waals surface area contributed by atoms with E-state index in [2.05, 4.69) is 31.8 Å². The van der Waals surface area contributed by atoms with E-state index < -0.39 is 11.9 Å². The van der Waals surface area contributed by atoms with Crippen LogP contribution in [0.2, 0.25) is 5.02 Å². The number of fused-ring (bicyclic) bond motifs is 1. The van der Waals surface area contributed by atoms with Gasteiger partial charge in [0.1, 0.15) is 4.88 Å². The SMILES string of the molecule is CCOc1cc(/C=N\NC(=O)c2ccc(NC(=O)c3sc4cc(Br)ccc4c3Cl)cc2)ccc1OC(=O)/C=C/c1ccccc1. The molecule has 8 nitrogen and oxygen atoms in total. The van der Waals surface area contributed by atoms with Crippen LogP contribution in [0.1, 0.15) is 38.1 Å². The number of carbonyl (C=O) groups is 3. The number of hydrazone groups is 1. The maximum atomic E-state index is 12.9. The average molecular weight is 703 g/mol. The third kappa shape index (κ3) is 8.24. The van der Waals surface area contributed by atoms with Crippen LogP contribution >= 0.6 is 38.9 Å². The molecular weight excluding hydrogens is 678 g/mol. The lowest BCUT2D eigenvalue weighted by Gasteiger charge is -2.10. The number of nitrogens with zero attached hydrogens (tertiary/aromatic N) is 1. The molecule has 0 atom stereocenters. The highest BCUT2D eigenvalue weighted by atomic mass is 79.9. The van der Waals surface area contributed by atoms with Crippen molar-refractivity contribution in [1.82, 2.24) is 5.43 Å². The van der Waals surface area contributed by atoms with E-state index in [1.807, 2.05) is 55.5 Å². The second kappa shape index (κ2) is 14.8. The highest BCUT2D eigenvalue weighted by molar-refractivity contribution is 9.10. The summed E-state index contributed by atoms with van der Waals surface area (Å²) >= 11 is 11.2. The van der Waals surface area contributed by atoms with Gasteiger partial charge < -0.3 is 14.8 Å². The van der Waals surface area contributed by atoms with E-state index in [-0.39, 0.29) is 11.7 Å². The minimum absolute atomic E-state index is 0.260. The van der Waals surface area contributed by atoms with Gasteiger partial charge in [-0.3, -0.25) is 9.59 Å². The van der Waals surface area contributed by atoms with E-state index in [0.717, 1.165) is 20.1 Å². The number of hydrogen-bond acceptors (Lipinski definition) is 7. The van der Waals surface area contributed by atoms with E-state index in [4.69, 9.17) is 21.1 Å². The molecule has 5 rings (SSSR count). The smallest absolute Gasteiger partial charge is 0.336 e. The Kier molecular flexibility index (Phi) is 10.4. The topological polar surface area (TPSA) is 106 Å². The lowest BCUT2D eigenvalue weighted by atomic mass is 10.2. The summed E-state index contributed by atoms with van der Waals surface area (Å²) in [6, 6.07) is 26.4. The molecule has 0 spiro atoms. The van der Waals surface area contributed by atoms with Crippen molar-refractivity contribution in [3.8, 4) is 11.5 Å². The zero-order valence-electron chi connectivity index (χ0n) is 23.8. The van der Waals surface area contributed by atoms with Gasteiger partial charge >= 0.3 is 5.97 Å². The van der Waals surface area contributed by atoms with Crippen LogP contribution in [-0.2, 0) is 4.79 Å². The monoisotopic (exact) mass is 701 g/mol. The van der Waals surface area contributed by atoms with E-state index in [1.165, 1.54) is 23.6 Å². The predicted octanol–water partition coefficient (Wildman–Crippen LogP) is 8.35. The lowest BCUT2D eigenvalue weighted by Crippen LogP contribution is -2.17. The van der Waals surface area contributed by atoms with Crippen LogP contribution in [0, 0.1) is 0 Å². The van der Waals surface area contributed by atoms with Gasteiger partial charge in [-0.25, -0.2) is 10.2 Å². The van der Waals surface area contributed by atoms with Gasteiger partial charge in [-0.2, -0.15) is 5.10 Å². The Morgan fingerprint density at radius 1 is 0.911 bits per heavy atom. The molecule has 0 radical (unpaired) electrons. The number of ether oxygens (including phenoxy) is 2. The molecule has 4 aromatic carbocycles. The Balaban J connectivity index is 1.17. The first-order valence-corrected chi connectivity index (χ1v) is 15.6. The molecule has 0 fully saturated rings. The number of carbonyl (C=O) groups excluding carboxylic acids is 3. The Hall–Kier alpha value is -4.77. The molecule has 1 aromatic heterocycles. The van der Waals surface area contributed by atoms with Crippen molar-refractivity contribution in [2.75, 3.05) is 11.9 Å². The standard InChI is InChI=1S/C34H25BrClN3O5S/c1-2-43-28-18-22(8-16-27(28)44-30(40)17-9-21-6-4-3-5-7-21)20-37-39-33(41)23-10-13-25(14-11-23)38-34(42)32-31(36)26-15-12-24(35)19-29(26)45-32/h3-20H,2H2,1H3,(H,38,42)(H,39,41)/b17-9+,37-20-. The molecule has 5 aromatic rings. The molecule has 2 amide bonds. The van der Waals surface area contributed by atoms with E-state index in [9.17, 15) is 14.4 Å². The first kappa shape index (κ1) is 31.6. The number of benzene rings is 4. The van der Waals surface area contributed by atoms with Crippen LogP contribution < -0.4 is 20.2 Å². The van der Waals surface area contributed by atoms with Gasteiger partial charge in [0.25, 0.3) is 11.8 Å². The molecule has 226 valence electrons. The van der Waals surface area contributed by atoms with Crippen LogP contribution in [-0.4, -0.2) is 30.6 Å². The van der Waals surface area contributed by atoms with Gasteiger partial charge in [0.05, 0.1) is 17.8 Å². The number of amides is 2. The third-order valence-corrected chi connectivity index (χ3v) is 8.42. The summed E-state index contributed by atoms with van der Waals surface area (Å²) in [7, 11) is 0. The molecule has 0 bridgehead atoms. The molecule has 45 heavy (non-hydrogen) atoms. The summed E-state index contributed by atoms with van der Waals surface area (Å²) < 4.78 is 12.9. The van der Waals surface area contributed by atoms with Crippen molar-refractivity contribution >= 4 is 84.7 Å². The molecule has 0 aliphatic rings. The van der Waals surface area contributed by atoms with Crippen LogP contribution in [0.3, 0.4) is 0 Å². The fourth-order valence-corrected chi connectivity index (χ4v) is 6.10. The fraction of sp³-hybridized carbons (Fsp3) is 0.0588. The lowest BCUT2D eigenvalue weighted by molar-refractivity contribution is -0.129. The predicted molar refractivity (Wildman–Crippen MR) is 183 cm³/mol. The highest BCUT2D eigenvalue weighted by Gasteiger charge is 2.18. The zero-order chi connectivity index (χ0) is 31.8. The molecule has 11 heteroatoms. The first-order valence-electron chi connectivity index (χ1n) is 13.6. The van der Waals surface area contributed by atoms with E-state index in [0.29, 0.717) is 39.1 Å². The van der Waals surface area contributed by atoms with Gasteiger partial charge in [-0.1, -0.05) is 63.9 Å². The number of hydrogen-bond donors (Lipinski definition) is 2. The zero-order valence-corrected chi connectivity index (χ0v) is 26.9. The number of thiophene rings is 1. The molecule has 2 N–H and O–H groups in total. The highest BCUT2D eigenvalue weighted by Crippen LogP contribution is 2.37. The molecule has 0 saturated carbocycles. The van der Waals surface area contributed by atoms with Crippen molar-refractivity contribution in [2.45, 2.75) is 6.92 Å². The summed E-state index contributed by atoms with van der Waals surface area (Å²) in [6.45, 7) is 2.17.